The zero-order chi connectivity index (χ0) is 20.0. The number of ether oxygens (including phenoxy) is 2. The van der Waals surface area contributed by atoms with Crippen LogP contribution < -0.4 is 4.90 Å². The first-order valence-corrected chi connectivity index (χ1v) is 10.9. The Bertz CT molecular complexity index is 905. The summed E-state index contributed by atoms with van der Waals surface area (Å²) < 4.78 is 11.5. The normalized spacial score (nSPS) is 26.0. The van der Waals surface area contributed by atoms with Crippen LogP contribution in [0.2, 0.25) is 0 Å². The van der Waals surface area contributed by atoms with Crippen molar-refractivity contribution >= 4 is 28.8 Å². The number of carbonyl (C=O) groups excluding carboxylic acids is 2. The number of nitrogens with zero attached hydrogens (tertiary/aromatic N) is 2. The van der Waals surface area contributed by atoms with E-state index in [1.807, 2.05) is 58.5 Å². The van der Waals surface area contributed by atoms with Crippen LogP contribution in [0.4, 0.5) is 5.69 Å². The van der Waals surface area contributed by atoms with Crippen LogP contribution in [0.1, 0.15) is 29.3 Å². The Morgan fingerprint density at radius 3 is 2.62 bits per heavy atom. The van der Waals surface area contributed by atoms with Crippen molar-refractivity contribution < 1.29 is 19.1 Å². The van der Waals surface area contributed by atoms with E-state index < -0.39 is 11.7 Å². The first kappa shape index (κ1) is 18.8. The Morgan fingerprint density at radius 2 is 1.93 bits per heavy atom. The topological polar surface area (TPSA) is 59.1 Å². The van der Waals surface area contributed by atoms with Gasteiger partial charge in [-0.2, -0.15) is 0 Å². The molecular weight excluding hydrogens is 388 g/mol. The van der Waals surface area contributed by atoms with Crippen LogP contribution in [0.25, 0.3) is 0 Å². The van der Waals surface area contributed by atoms with Crippen LogP contribution >= 0.6 is 11.3 Å². The lowest BCUT2D eigenvalue weighted by Crippen LogP contribution is -2.41. The Balaban J connectivity index is 1.45. The lowest BCUT2D eigenvalue weighted by molar-refractivity contribution is -0.154. The predicted molar refractivity (Wildman–Crippen MR) is 110 cm³/mol. The van der Waals surface area contributed by atoms with E-state index in [0.717, 1.165) is 16.1 Å². The lowest BCUT2D eigenvalue weighted by atomic mass is 9.97. The van der Waals surface area contributed by atoms with Crippen LogP contribution in [0.3, 0.4) is 0 Å². The van der Waals surface area contributed by atoms with Crippen LogP contribution in [0.15, 0.2) is 41.8 Å². The van der Waals surface area contributed by atoms with E-state index in [0.29, 0.717) is 32.7 Å². The zero-order valence-electron chi connectivity index (χ0n) is 16.4. The van der Waals surface area contributed by atoms with Gasteiger partial charge < -0.3 is 19.3 Å². The van der Waals surface area contributed by atoms with E-state index in [2.05, 4.69) is 0 Å². The quantitative estimate of drug-likeness (QED) is 0.777. The van der Waals surface area contributed by atoms with E-state index in [-0.39, 0.29) is 24.3 Å². The Labute approximate surface area is 174 Å². The third-order valence-electron chi connectivity index (χ3n) is 6.11. The van der Waals surface area contributed by atoms with Gasteiger partial charge >= 0.3 is 0 Å². The van der Waals surface area contributed by atoms with Gasteiger partial charge in [0.05, 0.1) is 31.7 Å². The summed E-state index contributed by atoms with van der Waals surface area (Å²) in [5.74, 6) is -1.04. The Hall–Kier alpha value is -2.22. The maximum absolute atomic E-state index is 13.5. The fourth-order valence-corrected chi connectivity index (χ4v) is 5.54. The van der Waals surface area contributed by atoms with Crippen molar-refractivity contribution in [2.24, 2.45) is 5.92 Å². The average molecular weight is 413 g/mol. The molecule has 3 aliphatic rings. The molecule has 1 aromatic carbocycles. The second-order valence-electron chi connectivity index (χ2n) is 7.99. The summed E-state index contributed by atoms with van der Waals surface area (Å²) in [6.45, 7) is 4.21. The van der Waals surface area contributed by atoms with Crippen molar-refractivity contribution in [1.29, 1.82) is 0 Å². The van der Waals surface area contributed by atoms with Crippen molar-refractivity contribution in [2.45, 2.75) is 31.6 Å². The Kier molecular flexibility index (Phi) is 4.69. The first-order valence-electron chi connectivity index (χ1n) is 10.1. The highest BCUT2D eigenvalue weighted by Crippen LogP contribution is 2.44. The monoisotopic (exact) mass is 412 g/mol. The van der Waals surface area contributed by atoms with Crippen molar-refractivity contribution in [3.05, 3.63) is 52.2 Å². The van der Waals surface area contributed by atoms with Gasteiger partial charge in [0.25, 0.3) is 0 Å². The number of amides is 2. The van der Waals surface area contributed by atoms with Crippen molar-refractivity contribution in [2.75, 3.05) is 31.2 Å². The van der Waals surface area contributed by atoms with Gasteiger partial charge in [0, 0.05) is 30.0 Å². The fraction of sp³-hybridized carbons (Fsp3) is 0.455. The molecule has 1 spiro atoms. The van der Waals surface area contributed by atoms with Gasteiger partial charge in [-0.25, -0.2) is 0 Å². The number of benzene rings is 1. The van der Waals surface area contributed by atoms with Gasteiger partial charge in [-0.3, -0.25) is 9.59 Å². The van der Waals surface area contributed by atoms with Crippen LogP contribution in [-0.2, 0) is 19.1 Å². The van der Waals surface area contributed by atoms with Crippen LogP contribution in [0.5, 0.6) is 0 Å². The summed E-state index contributed by atoms with van der Waals surface area (Å²) in [6.07, 6.45) is 0.908. The van der Waals surface area contributed by atoms with E-state index in [9.17, 15) is 9.59 Å². The number of aryl methyl sites for hydroxylation is 1. The van der Waals surface area contributed by atoms with Crippen LogP contribution in [-0.4, -0.2) is 48.8 Å². The summed E-state index contributed by atoms with van der Waals surface area (Å²) in [4.78, 5) is 31.2. The molecule has 7 heteroatoms. The highest BCUT2D eigenvalue weighted by molar-refractivity contribution is 7.10. The maximum Gasteiger partial charge on any atom is 0.228 e. The van der Waals surface area contributed by atoms with Gasteiger partial charge in [0.1, 0.15) is 0 Å². The van der Waals surface area contributed by atoms with Gasteiger partial charge in [-0.1, -0.05) is 23.8 Å². The van der Waals surface area contributed by atoms with Gasteiger partial charge in [0.15, 0.2) is 5.79 Å². The highest BCUT2D eigenvalue weighted by Gasteiger charge is 2.51. The van der Waals surface area contributed by atoms with E-state index in [4.69, 9.17) is 9.47 Å². The summed E-state index contributed by atoms with van der Waals surface area (Å²) in [5, 5.41) is 2.00. The molecule has 2 amide bonds. The predicted octanol–water partition coefficient (Wildman–Crippen LogP) is 3.13. The van der Waals surface area contributed by atoms with Crippen LogP contribution in [0, 0.1) is 12.8 Å². The number of likely N-dealkylation sites (tertiary alicyclic amines) is 1. The first-order chi connectivity index (χ1) is 14.1. The van der Waals surface area contributed by atoms with E-state index in [1.54, 1.807) is 11.3 Å². The minimum atomic E-state index is -0.645. The summed E-state index contributed by atoms with van der Waals surface area (Å²) in [7, 11) is 0. The molecule has 5 rings (SSSR count). The van der Waals surface area contributed by atoms with Gasteiger partial charge in [-0.05, 0) is 30.5 Å². The van der Waals surface area contributed by atoms with Crippen molar-refractivity contribution in [3.63, 3.8) is 0 Å². The number of carbonyl (C=O) groups is 2. The third kappa shape index (κ3) is 3.27. The van der Waals surface area contributed by atoms with E-state index >= 15 is 0 Å². The average Bonchev–Trinajstić information content (AvgIpc) is 3.50. The molecule has 6 nitrogen and oxygen atoms in total. The summed E-state index contributed by atoms with van der Waals surface area (Å²) >= 11 is 1.59. The Morgan fingerprint density at radius 1 is 1.17 bits per heavy atom. The minimum Gasteiger partial charge on any atom is -0.346 e. The molecule has 0 bridgehead atoms. The molecule has 1 aromatic heterocycles. The molecule has 2 atom stereocenters. The molecule has 3 saturated heterocycles. The van der Waals surface area contributed by atoms with E-state index in [1.165, 1.54) is 0 Å². The molecule has 0 radical (unpaired) electrons. The number of rotatable bonds is 3. The molecule has 0 N–H and O–H groups in total. The molecule has 0 saturated carbocycles. The molecule has 3 fully saturated rings. The van der Waals surface area contributed by atoms with Gasteiger partial charge in [0.2, 0.25) is 11.8 Å². The largest absolute Gasteiger partial charge is 0.346 e. The van der Waals surface area contributed by atoms with Crippen molar-refractivity contribution in [3.8, 4) is 0 Å². The molecule has 0 aliphatic carbocycles. The highest BCUT2D eigenvalue weighted by atomic mass is 32.1. The molecular formula is C22H24N2O4S. The van der Waals surface area contributed by atoms with Crippen molar-refractivity contribution in [1.82, 2.24) is 4.90 Å². The number of thiophene rings is 1. The fourth-order valence-electron chi connectivity index (χ4n) is 4.66. The molecule has 29 heavy (non-hydrogen) atoms. The molecule has 152 valence electrons. The third-order valence-corrected chi connectivity index (χ3v) is 7.05. The van der Waals surface area contributed by atoms with Gasteiger partial charge in [-0.15, -0.1) is 11.3 Å². The minimum absolute atomic E-state index is 0.00659. The smallest absolute Gasteiger partial charge is 0.228 e. The number of hydrogen-bond donors (Lipinski definition) is 0. The lowest BCUT2D eigenvalue weighted by Gasteiger charge is -2.30. The second kappa shape index (κ2) is 7.23. The number of anilines is 1. The zero-order valence-corrected chi connectivity index (χ0v) is 17.2. The molecule has 4 heterocycles. The molecule has 3 aliphatic heterocycles. The summed E-state index contributed by atoms with van der Waals surface area (Å²) in [6, 6.07) is 11.6. The molecule has 2 aromatic rings. The summed E-state index contributed by atoms with van der Waals surface area (Å²) in [5.41, 5.74) is 1.98. The maximum atomic E-state index is 13.5. The second-order valence-corrected chi connectivity index (χ2v) is 8.97. The SMILES string of the molecule is Cc1ccc(N2C(=O)CC(C(=O)N3CCC4(C3)OCCO4)C2c2cccs2)cc1. The molecule has 2 unspecified atom stereocenters. The number of hydrogen-bond acceptors (Lipinski definition) is 5. The standard InChI is InChI=1S/C22H24N2O4S/c1-15-4-6-16(7-5-15)24-19(25)13-17(20(24)18-3-2-12-29-18)21(26)23-9-8-22(14-23)27-10-11-28-22/h2-7,12,17,20H,8-11,13-14H2,1H3.